The highest BCUT2D eigenvalue weighted by Crippen LogP contribution is 2.41. The molecular weight excluding hydrogens is 254 g/mol. The predicted molar refractivity (Wildman–Crippen MR) is 77.2 cm³/mol. The quantitative estimate of drug-likeness (QED) is 0.867. The second-order valence-electron chi connectivity index (χ2n) is 6.13. The van der Waals surface area contributed by atoms with Crippen LogP contribution in [0.1, 0.15) is 57.7 Å². The summed E-state index contributed by atoms with van der Waals surface area (Å²) in [6.45, 7) is 5.05. The molecule has 1 aliphatic rings. The molecule has 1 fully saturated rings. The Morgan fingerprint density at radius 3 is 2.95 bits per heavy atom. The molecule has 1 aromatic rings. The van der Waals surface area contributed by atoms with Crippen molar-refractivity contribution in [1.29, 1.82) is 0 Å². The van der Waals surface area contributed by atoms with E-state index in [9.17, 15) is 0 Å². The topological polar surface area (TPSA) is 74.2 Å². The maximum absolute atomic E-state index is 5.80. The van der Waals surface area contributed by atoms with E-state index in [0.29, 0.717) is 30.1 Å². The van der Waals surface area contributed by atoms with Crippen molar-refractivity contribution in [2.75, 3.05) is 13.7 Å². The van der Waals surface area contributed by atoms with Crippen LogP contribution < -0.4 is 5.73 Å². The van der Waals surface area contributed by atoms with Crippen molar-refractivity contribution in [2.45, 2.75) is 58.0 Å². The summed E-state index contributed by atoms with van der Waals surface area (Å²) >= 11 is 0. The summed E-state index contributed by atoms with van der Waals surface area (Å²) in [5.41, 5.74) is 5.38. The molecule has 0 saturated heterocycles. The van der Waals surface area contributed by atoms with Crippen molar-refractivity contribution in [3.8, 4) is 0 Å². The number of aromatic nitrogens is 2. The minimum Gasteiger partial charge on any atom is -0.370 e. The first-order chi connectivity index (χ1) is 9.63. The molecule has 1 heterocycles. The van der Waals surface area contributed by atoms with Crippen LogP contribution in [0.15, 0.2) is 4.52 Å². The molecular formula is C15H27N3O2. The summed E-state index contributed by atoms with van der Waals surface area (Å²) in [5, 5.41) is 4.19. The van der Waals surface area contributed by atoms with Crippen LogP contribution in [0.5, 0.6) is 0 Å². The first kappa shape index (κ1) is 15.4. The maximum atomic E-state index is 5.80. The van der Waals surface area contributed by atoms with Gasteiger partial charge in [0.25, 0.3) is 0 Å². The molecule has 1 saturated carbocycles. The molecule has 1 aliphatic carbocycles. The average molecular weight is 281 g/mol. The van der Waals surface area contributed by atoms with E-state index in [1.807, 2.05) is 0 Å². The highest BCUT2D eigenvalue weighted by Gasteiger charge is 2.40. The lowest BCUT2D eigenvalue weighted by atomic mass is 9.78. The van der Waals surface area contributed by atoms with Gasteiger partial charge in [0.2, 0.25) is 11.7 Å². The molecule has 1 aromatic heterocycles. The Balaban J connectivity index is 2.13. The maximum Gasteiger partial charge on any atom is 0.227 e. The van der Waals surface area contributed by atoms with Gasteiger partial charge >= 0.3 is 0 Å². The van der Waals surface area contributed by atoms with E-state index in [4.69, 9.17) is 15.0 Å². The van der Waals surface area contributed by atoms with Crippen molar-refractivity contribution in [3.05, 3.63) is 11.7 Å². The third-order valence-electron chi connectivity index (χ3n) is 4.60. The Morgan fingerprint density at radius 1 is 1.55 bits per heavy atom. The van der Waals surface area contributed by atoms with E-state index in [0.717, 1.165) is 32.1 Å². The summed E-state index contributed by atoms with van der Waals surface area (Å²) < 4.78 is 11.2. The summed E-state index contributed by atoms with van der Waals surface area (Å²) in [6, 6.07) is 0. The Hall–Kier alpha value is -0.940. The molecule has 0 radical (unpaired) electrons. The van der Waals surface area contributed by atoms with E-state index in [2.05, 4.69) is 24.0 Å². The molecule has 0 bridgehead atoms. The standard InChI is InChI=1S/C15H27N3O2/c1-4-12(10-16)8-13-17-14(18-20-13)15(19-3)7-5-6-11(2)9-15/h11-12H,4-10,16H2,1-3H3. The summed E-state index contributed by atoms with van der Waals surface area (Å²) in [5.74, 6) is 2.45. The van der Waals surface area contributed by atoms with Gasteiger partial charge in [-0.1, -0.05) is 31.8 Å². The fraction of sp³-hybridized carbons (Fsp3) is 0.867. The Morgan fingerprint density at radius 2 is 2.35 bits per heavy atom. The Kier molecular flexibility index (Phi) is 5.16. The van der Waals surface area contributed by atoms with Crippen molar-refractivity contribution in [3.63, 3.8) is 0 Å². The molecule has 3 unspecified atom stereocenters. The molecule has 0 amide bonds. The smallest absolute Gasteiger partial charge is 0.227 e. The monoisotopic (exact) mass is 281 g/mol. The van der Waals surface area contributed by atoms with Gasteiger partial charge in [0.05, 0.1) is 0 Å². The zero-order chi connectivity index (χ0) is 14.6. The average Bonchev–Trinajstić information content (AvgIpc) is 2.93. The number of ether oxygens (including phenoxy) is 1. The van der Waals surface area contributed by atoms with Crippen molar-refractivity contribution < 1.29 is 9.26 Å². The molecule has 20 heavy (non-hydrogen) atoms. The van der Waals surface area contributed by atoms with E-state index in [-0.39, 0.29) is 5.60 Å². The van der Waals surface area contributed by atoms with Gasteiger partial charge in [0.1, 0.15) is 5.60 Å². The predicted octanol–water partition coefficient (Wildman–Crippen LogP) is 2.65. The van der Waals surface area contributed by atoms with Crippen LogP contribution in [-0.2, 0) is 16.8 Å². The minimum atomic E-state index is -0.357. The van der Waals surface area contributed by atoms with Gasteiger partial charge in [-0.05, 0) is 37.6 Å². The third kappa shape index (κ3) is 3.20. The van der Waals surface area contributed by atoms with E-state index in [1.54, 1.807) is 7.11 Å². The largest absolute Gasteiger partial charge is 0.370 e. The fourth-order valence-corrected chi connectivity index (χ4v) is 3.15. The van der Waals surface area contributed by atoms with Crippen LogP contribution in [0.3, 0.4) is 0 Å². The summed E-state index contributed by atoms with van der Waals surface area (Å²) in [7, 11) is 1.75. The number of nitrogens with zero attached hydrogens (tertiary/aromatic N) is 2. The van der Waals surface area contributed by atoms with Crippen LogP contribution in [0.25, 0.3) is 0 Å². The highest BCUT2D eigenvalue weighted by atomic mass is 16.5. The lowest BCUT2D eigenvalue weighted by Gasteiger charge is -2.36. The lowest BCUT2D eigenvalue weighted by molar-refractivity contribution is -0.0658. The zero-order valence-corrected chi connectivity index (χ0v) is 12.9. The minimum absolute atomic E-state index is 0.357. The van der Waals surface area contributed by atoms with Gasteiger partial charge in [0, 0.05) is 13.5 Å². The Bertz CT molecular complexity index is 417. The van der Waals surface area contributed by atoms with Crippen LogP contribution in [0.2, 0.25) is 0 Å². The van der Waals surface area contributed by atoms with Crippen molar-refractivity contribution >= 4 is 0 Å². The SMILES string of the molecule is CCC(CN)Cc1nc(C2(OC)CCCC(C)C2)no1. The molecule has 3 atom stereocenters. The van der Waals surface area contributed by atoms with Crippen LogP contribution in [0, 0.1) is 11.8 Å². The van der Waals surface area contributed by atoms with E-state index >= 15 is 0 Å². The Labute approximate surface area is 121 Å². The highest BCUT2D eigenvalue weighted by molar-refractivity contribution is 5.04. The molecule has 5 heteroatoms. The number of hydrogen-bond acceptors (Lipinski definition) is 5. The molecule has 114 valence electrons. The number of methoxy groups -OCH3 is 1. The van der Waals surface area contributed by atoms with Gasteiger partial charge in [-0.3, -0.25) is 0 Å². The second-order valence-corrected chi connectivity index (χ2v) is 6.13. The van der Waals surface area contributed by atoms with Crippen molar-refractivity contribution in [2.24, 2.45) is 17.6 Å². The first-order valence-corrected chi connectivity index (χ1v) is 7.71. The summed E-state index contributed by atoms with van der Waals surface area (Å²) in [6.07, 6.45) is 6.13. The molecule has 2 N–H and O–H groups in total. The zero-order valence-electron chi connectivity index (χ0n) is 12.9. The molecule has 0 aromatic carbocycles. The van der Waals surface area contributed by atoms with E-state index < -0.39 is 0 Å². The molecule has 5 nitrogen and oxygen atoms in total. The second kappa shape index (κ2) is 6.68. The first-order valence-electron chi connectivity index (χ1n) is 7.71. The van der Waals surface area contributed by atoms with Crippen molar-refractivity contribution in [1.82, 2.24) is 10.1 Å². The van der Waals surface area contributed by atoms with Crippen LogP contribution in [-0.4, -0.2) is 23.8 Å². The molecule has 0 aliphatic heterocycles. The summed E-state index contributed by atoms with van der Waals surface area (Å²) in [4.78, 5) is 4.59. The normalized spacial score (nSPS) is 28.5. The van der Waals surface area contributed by atoms with Gasteiger partial charge in [-0.15, -0.1) is 0 Å². The molecule has 0 spiro atoms. The fourth-order valence-electron chi connectivity index (χ4n) is 3.15. The number of nitrogens with two attached hydrogens (primary N) is 1. The van der Waals surface area contributed by atoms with E-state index in [1.165, 1.54) is 6.42 Å². The number of rotatable bonds is 6. The third-order valence-corrected chi connectivity index (χ3v) is 4.60. The molecule has 2 rings (SSSR count). The van der Waals surface area contributed by atoms with Crippen LogP contribution in [0.4, 0.5) is 0 Å². The van der Waals surface area contributed by atoms with Gasteiger partial charge < -0.3 is 15.0 Å². The van der Waals surface area contributed by atoms with Crippen LogP contribution >= 0.6 is 0 Å². The van der Waals surface area contributed by atoms with Gasteiger partial charge in [-0.25, -0.2) is 0 Å². The lowest BCUT2D eigenvalue weighted by Crippen LogP contribution is -2.35. The number of hydrogen-bond donors (Lipinski definition) is 1. The van der Waals surface area contributed by atoms with Gasteiger partial charge in [-0.2, -0.15) is 4.98 Å². The van der Waals surface area contributed by atoms with Gasteiger partial charge in [0.15, 0.2) is 0 Å².